The van der Waals surface area contributed by atoms with Crippen molar-refractivity contribution in [3.63, 3.8) is 0 Å². The molecule has 2 N–H and O–H groups in total. The predicted molar refractivity (Wildman–Crippen MR) is 74.7 cm³/mol. The summed E-state index contributed by atoms with van der Waals surface area (Å²) in [6.45, 7) is 6.59. The van der Waals surface area contributed by atoms with Gasteiger partial charge in [-0.2, -0.15) is 0 Å². The van der Waals surface area contributed by atoms with Crippen LogP contribution >= 0.6 is 0 Å². The Kier molecular flexibility index (Phi) is 4.12. The molecule has 0 saturated carbocycles. The smallest absolute Gasteiger partial charge is 0.122 e. The van der Waals surface area contributed by atoms with Crippen LogP contribution in [-0.2, 0) is 6.54 Å². The molecule has 0 bridgehead atoms. The number of aryl methyl sites for hydroxylation is 2. The standard InChI is InChI=1S/C15H22N2O2/c1-10-5-7-13(18-10)9-17(4)15(12(3)16)14-8-6-11(2)19-14/h5-8,12,15H,9,16H2,1-4H3. The molecule has 4 heteroatoms. The van der Waals surface area contributed by atoms with Crippen molar-refractivity contribution in [2.45, 2.75) is 39.4 Å². The molecule has 2 atom stereocenters. The molecule has 0 amide bonds. The third-order valence-corrected chi connectivity index (χ3v) is 3.23. The van der Waals surface area contributed by atoms with Gasteiger partial charge in [-0.05, 0) is 52.1 Å². The van der Waals surface area contributed by atoms with E-state index in [1.165, 1.54) is 0 Å². The fourth-order valence-corrected chi connectivity index (χ4v) is 2.40. The molecule has 2 aromatic heterocycles. The first-order valence-electron chi connectivity index (χ1n) is 6.55. The third kappa shape index (κ3) is 3.28. The van der Waals surface area contributed by atoms with Gasteiger partial charge in [0.05, 0.1) is 12.6 Å². The van der Waals surface area contributed by atoms with E-state index in [1.807, 2.05) is 52.1 Å². The van der Waals surface area contributed by atoms with Gasteiger partial charge < -0.3 is 14.6 Å². The van der Waals surface area contributed by atoms with Crippen LogP contribution in [0.15, 0.2) is 33.1 Å². The molecule has 0 aromatic carbocycles. The molecule has 4 nitrogen and oxygen atoms in total. The Morgan fingerprint density at radius 2 is 1.74 bits per heavy atom. The summed E-state index contributed by atoms with van der Waals surface area (Å²) in [5, 5.41) is 0. The quantitative estimate of drug-likeness (QED) is 0.900. The van der Waals surface area contributed by atoms with E-state index in [2.05, 4.69) is 4.90 Å². The van der Waals surface area contributed by atoms with Gasteiger partial charge in [0, 0.05) is 6.04 Å². The summed E-state index contributed by atoms with van der Waals surface area (Å²) in [5.74, 6) is 3.67. The first-order chi connectivity index (χ1) is 8.97. The van der Waals surface area contributed by atoms with Crippen LogP contribution in [0.2, 0.25) is 0 Å². The van der Waals surface area contributed by atoms with Crippen molar-refractivity contribution in [1.82, 2.24) is 4.90 Å². The van der Waals surface area contributed by atoms with Crippen molar-refractivity contribution in [3.8, 4) is 0 Å². The van der Waals surface area contributed by atoms with Crippen LogP contribution < -0.4 is 5.73 Å². The van der Waals surface area contributed by atoms with E-state index in [9.17, 15) is 0 Å². The van der Waals surface area contributed by atoms with Crippen LogP contribution in [0.3, 0.4) is 0 Å². The molecule has 2 unspecified atom stereocenters. The Bertz CT molecular complexity index is 528. The number of rotatable bonds is 5. The molecule has 0 spiro atoms. The maximum absolute atomic E-state index is 6.11. The minimum Gasteiger partial charge on any atom is -0.465 e. The third-order valence-electron chi connectivity index (χ3n) is 3.23. The molecule has 19 heavy (non-hydrogen) atoms. The molecule has 2 heterocycles. The number of nitrogens with zero attached hydrogens (tertiary/aromatic N) is 1. The van der Waals surface area contributed by atoms with Crippen LogP contribution in [0.5, 0.6) is 0 Å². The highest BCUT2D eigenvalue weighted by Crippen LogP contribution is 2.26. The van der Waals surface area contributed by atoms with Crippen molar-refractivity contribution >= 4 is 0 Å². The second kappa shape index (κ2) is 5.63. The lowest BCUT2D eigenvalue weighted by Gasteiger charge is -2.28. The number of furan rings is 2. The van der Waals surface area contributed by atoms with E-state index < -0.39 is 0 Å². The minimum atomic E-state index is -0.0217. The van der Waals surface area contributed by atoms with Gasteiger partial charge in [0.15, 0.2) is 0 Å². The highest BCUT2D eigenvalue weighted by Gasteiger charge is 2.24. The second-order valence-corrected chi connectivity index (χ2v) is 5.18. The Balaban J connectivity index is 2.15. The molecule has 0 aliphatic rings. The van der Waals surface area contributed by atoms with E-state index in [0.717, 1.165) is 23.0 Å². The Hall–Kier alpha value is -1.52. The molecule has 2 aromatic rings. The zero-order valence-electron chi connectivity index (χ0n) is 12.0. The van der Waals surface area contributed by atoms with E-state index in [4.69, 9.17) is 14.6 Å². The number of likely N-dealkylation sites (N-methyl/N-ethyl adjacent to an activating group) is 1. The Morgan fingerprint density at radius 3 is 2.21 bits per heavy atom. The van der Waals surface area contributed by atoms with Crippen molar-refractivity contribution in [2.24, 2.45) is 5.73 Å². The van der Waals surface area contributed by atoms with Gasteiger partial charge in [-0.1, -0.05) is 0 Å². The summed E-state index contributed by atoms with van der Waals surface area (Å²) in [7, 11) is 2.03. The second-order valence-electron chi connectivity index (χ2n) is 5.18. The zero-order chi connectivity index (χ0) is 14.0. The van der Waals surface area contributed by atoms with Crippen LogP contribution in [-0.4, -0.2) is 18.0 Å². The lowest BCUT2D eigenvalue weighted by Crippen LogP contribution is -2.36. The van der Waals surface area contributed by atoms with E-state index >= 15 is 0 Å². The number of hydrogen-bond acceptors (Lipinski definition) is 4. The molecular formula is C15H22N2O2. The minimum absolute atomic E-state index is 0.0217. The van der Waals surface area contributed by atoms with Crippen LogP contribution in [0.25, 0.3) is 0 Å². The molecule has 0 fully saturated rings. The fraction of sp³-hybridized carbons (Fsp3) is 0.467. The lowest BCUT2D eigenvalue weighted by molar-refractivity contribution is 0.170. The summed E-state index contributed by atoms with van der Waals surface area (Å²) < 4.78 is 11.3. The van der Waals surface area contributed by atoms with E-state index in [1.54, 1.807) is 0 Å². The van der Waals surface area contributed by atoms with Gasteiger partial charge in [-0.15, -0.1) is 0 Å². The fourth-order valence-electron chi connectivity index (χ4n) is 2.40. The molecule has 0 radical (unpaired) electrons. The normalized spacial score (nSPS) is 14.8. The van der Waals surface area contributed by atoms with Crippen molar-refractivity contribution in [3.05, 3.63) is 47.3 Å². The molecule has 0 saturated heterocycles. The van der Waals surface area contributed by atoms with Gasteiger partial charge in [-0.25, -0.2) is 0 Å². The first-order valence-corrected chi connectivity index (χ1v) is 6.55. The molecule has 0 aliphatic heterocycles. The molecule has 0 aliphatic carbocycles. The summed E-state index contributed by atoms with van der Waals surface area (Å²) >= 11 is 0. The van der Waals surface area contributed by atoms with Crippen molar-refractivity contribution in [1.29, 1.82) is 0 Å². The summed E-state index contributed by atoms with van der Waals surface area (Å²) in [4.78, 5) is 2.15. The van der Waals surface area contributed by atoms with E-state index in [-0.39, 0.29) is 12.1 Å². The van der Waals surface area contributed by atoms with Gasteiger partial charge >= 0.3 is 0 Å². The number of nitrogens with two attached hydrogens (primary N) is 1. The Morgan fingerprint density at radius 1 is 1.11 bits per heavy atom. The lowest BCUT2D eigenvalue weighted by atomic mass is 10.1. The SMILES string of the molecule is Cc1ccc(CN(C)C(c2ccc(C)o2)C(C)N)o1. The maximum atomic E-state index is 6.11. The summed E-state index contributed by atoms with van der Waals surface area (Å²) in [6.07, 6.45) is 0. The largest absolute Gasteiger partial charge is 0.465 e. The highest BCUT2D eigenvalue weighted by atomic mass is 16.3. The van der Waals surface area contributed by atoms with Crippen LogP contribution in [0.4, 0.5) is 0 Å². The molecular weight excluding hydrogens is 240 g/mol. The van der Waals surface area contributed by atoms with Gasteiger partial charge in [0.2, 0.25) is 0 Å². The highest BCUT2D eigenvalue weighted by molar-refractivity contribution is 5.12. The van der Waals surface area contributed by atoms with Crippen molar-refractivity contribution in [2.75, 3.05) is 7.05 Å². The summed E-state index contributed by atoms with van der Waals surface area (Å²) in [6, 6.07) is 7.95. The average Bonchev–Trinajstić information content (AvgIpc) is 2.88. The molecule has 104 valence electrons. The zero-order valence-corrected chi connectivity index (χ0v) is 12.0. The number of hydrogen-bond donors (Lipinski definition) is 1. The predicted octanol–water partition coefficient (Wildman–Crippen LogP) is 3.01. The Labute approximate surface area is 114 Å². The van der Waals surface area contributed by atoms with Gasteiger partial charge in [0.25, 0.3) is 0 Å². The first kappa shape index (κ1) is 13.9. The van der Waals surface area contributed by atoms with Crippen LogP contribution in [0.1, 0.15) is 36.0 Å². The molecule has 2 rings (SSSR count). The monoisotopic (exact) mass is 262 g/mol. The topological polar surface area (TPSA) is 55.5 Å². The van der Waals surface area contributed by atoms with Gasteiger partial charge in [-0.3, -0.25) is 4.90 Å². The van der Waals surface area contributed by atoms with Gasteiger partial charge in [0.1, 0.15) is 23.0 Å². The van der Waals surface area contributed by atoms with Crippen LogP contribution in [0, 0.1) is 13.8 Å². The summed E-state index contributed by atoms with van der Waals surface area (Å²) in [5.41, 5.74) is 6.11. The average molecular weight is 262 g/mol. The van der Waals surface area contributed by atoms with E-state index in [0.29, 0.717) is 6.54 Å². The van der Waals surface area contributed by atoms with Crippen molar-refractivity contribution < 1.29 is 8.83 Å². The maximum Gasteiger partial charge on any atom is 0.122 e.